The topological polar surface area (TPSA) is 111 Å². The number of sulfone groups is 1. The number of fused-ring (bicyclic) bond motifs is 1. The van der Waals surface area contributed by atoms with E-state index in [1.807, 2.05) is 0 Å². The van der Waals surface area contributed by atoms with E-state index in [4.69, 9.17) is 9.94 Å². The van der Waals surface area contributed by atoms with Gasteiger partial charge in [-0.05, 0) is 43.2 Å². The minimum absolute atomic E-state index is 0.0934. The molecule has 30 heavy (non-hydrogen) atoms. The Hall–Kier alpha value is -2.98. The molecule has 0 radical (unpaired) electrons. The summed E-state index contributed by atoms with van der Waals surface area (Å²) in [5, 5.41) is 13.9. The fourth-order valence-electron chi connectivity index (χ4n) is 3.19. The molecule has 0 bridgehead atoms. The van der Waals surface area contributed by atoms with Gasteiger partial charge in [0.25, 0.3) is 5.91 Å². The number of halogens is 1. The molecule has 1 heterocycles. The van der Waals surface area contributed by atoms with Gasteiger partial charge in [0.1, 0.15) is 11.6 Å². The van der Waals surface area contributed by atoms with Gasteiger partial charge in [-0.25, -0.2) is 18.3 Å². The highest BCUT2D eigenvalue weighted by Crippen LogP contribution is 2.29. The number of hydroxylamine groups is 1. The number of methoxy groups -OCH3 is 1. The van der Waals surface area contributed by atoms with Crippen LogP contribution in [0.5, 0.6) is 5.75 Å². The molecule has 0 aliphatic rings. The lowest BCUT2D eigenvalue weighted by molar-refractivity contribution is -0.131. The third-order valence-corrected chi connectivity index (χ3v) is 7.36. The van der Waals surface area contributed by atoms with Gasteiger partial charge < -0.3 is 4.74 Å². The predicted molar refractivity (Wildman–Crippen MR) is 109 cm³/mol. The second kappa shape index (κ2) is 8.04. The van der Waals surface area contributed by atoms with Gasteiger partial charge in [-0.1, -0.05) is 6.07 Å². The Bertz CT molecular complexity index is 1210. The number of hydrogen-bond acceptors (Lipinski definition) is 6. The second-order valence-corrected chi connectivity index (χ2v) is 9.63. The van der Waals surface area contributed by atoms with Crippen LogP contribution in [0.2, 0.25) is 0 Å². The zero-order valence-corrected chi connectivity index (χ0v) is 17.5. The standard InChI is InChI=1S/C20H22FN3O5S/c1-20(19(25)23-26,30(3,27)28)8-9-24-18-7-4-13(10-14(18)12-22-24)16-6-5-15(29-2)11-17(16)21/h4-7,10-12,26H,8-9H2,1-3H3,(H,23,25)/t20-/m1/s1. The lowest BCUT2D eigenvalue weighted by atomic mass is 10.0. The third-order valence-electron chi connectivity index (χ3n) is 5.33. The van der Waals surface area contributed by atoms with Crippen LogP contribution in [-0.2, 0) is 21.2 Å². The Labute approximate surface area is 173 Å². The maximum absolute atomic E-state index is 14.4. The van der Waals surface area contributed by atoms with Gasteiger partial charge in [0.2, 0.25) is 0 Å². The molecule has 0 aliphatic heterocycles. The molecule has 0 fully saturated rings. The molecule has 2 aromatic carbocycles. The van der Waals surface area contributed by atoms with Gasteiger partial charge in [0, 0.05) is 29.8 Å². The van der Waals surface area contributed by atoms with E-state index < -0.39 is 26.3 Å². The van der Waals surface area contributed by atoms with Gasteiger partial charge in [0.05, 0.1) is 18.8 Å². The summed E-state index contributed by atoms with van der Waals surface area (Å²) < 4.78 is 43.4. The van der Waals surface area contributed by atoms with E-state index in [9.17, 15) is 17.6 Å². The number of benzene rings is 2. The number of aryl methyl sites for hydroxylation is 1. The molecule has 1 amide bonds. The van der Waals surface area contributed by atoms with Crippen LogP contribution in [0.15, 0.2) is 42.6 Å². The number of ether oxygens (including phenoxy) is 1. The van der Waals surface area contributed by atoms with Crippen LogP contribution in [0.1, 0.15) is 13.3 Å². The summed E-state index contributed by atoms with van der Waals surface area (Å²) in [7, 11) is -2.33. The van der Waals surface area contributed by atoms with E-state index >= 15 is 0 Å². The number of amides is 1. The fraction of sp³-hybridized carbons (Fsp3) is 0.300. The first-order valence-corrected chi connectivity index (χ1v) is 10.9. The van der Waals surface area contributed by atoms with Crippen LogP contribution in [0.25, 0.3) is 22.0 Å². The van der Waals surface area contributed by atoms with Crippen molar-refractivity contribution in [3.8, 4) is 16.9 Å². The molecular weight excluding hydrogens is 413 g/mol. The van der Waals surface area contributed by atoms with Crippen molar-refractivity contribution in [2.24, 2.45) is 0 Å². The first-order chi connectivity index (χ1) is 14.1. The lowest BCUT2D eigenvalue weighted by Gasteiger charge is -2.25. The molecule has 8 nitrogen and oxygen atoms in total. The summed E-state index contributed by atoms with van der Waals surface area (Å²) in [5.41, 5.74) is 3.20. The first kappa shape index (κ1) is 21.7. The van der Waals surface area contributed by atoms with Crippen molar-refractivity contribution >= 4 is 26.6 Å². The van der Waals surface area contributed by atoms with Crippen LogP contribution >= 0.6 is 0 Å². The highest BCUT2D eigenvalue weighted by molar-refractivity contribution is 7.92. The number of aromatic nitrogens is 2. The first-order valence-electron chi connectivity index (χ1n) is 9.04. The molecule has 160 valence electrons. The van der Waals surface area contributed by atoms with Gasteiger partial charge in [0.15, 0.2) is 14.6 Å². The summed E-state index contributed by atoms with van der Waals surface area (Å²) >= 11 is 0. The molecule has 0 saturated heterocycles. The molecule has 0 unspecified atom stereocenters. The van der Waals surface area contributed by atoms with Gasteiger partial charge in [-0.2, -0.15) is 5.10 Å². The summed E-state index contributed by atoms with van der Waals surface area (Å²) in [5.74, 6) is -0.996. The van der Waals surface area contributed by atoms with E-state index in [1.165, 1.54) is 25.6 Å². The summed E-state index contributed by atoms with van der Waals surface area (Å²) in [4.78, 5) is 12.0. The number of rotatable bonds is 7. The van der Waals surface area contributed by atoms with Gasteiger partial charge in [-0.15, -0.1) is 0 Å². The third kappa shape index (κ3) is 3.88. The van der Waals surface area contributed by atoms with Crippen molar-refractivity contribution in [2.45, 2.75) is 24.6 Å². The van der Waals surface area contributed by atoms with E-state index in [0.29, 0.717) is 22.4 Å². The van der Waals surface area contributed by atoms with Crippen LogP contribution in [0.4, 0.5) is 4.39 Å². The van der Waals surface area contributed by atoms with Gasteiger partial charge >= 0.3 is 0 Å². The van der Waals surface area contributed by atoms with Gasteiger partial charge in [-0.3, -0.25) is 14.7 Å². The Morgan fingerprint density at radius 2 is 2.03 bits per heavy atom. The molecule has 3 aromatic rings. The van der Waals surface area contributed by atoms with E-state index in [1.54, 1.807) is 41.2 Å². The Morgan fingerprint density at radius 3 is 2.63 bits per heavy atom. The molecule has 0 saturated carbocycles. The smallest absolute Gasteiger partial charge is 0.264 e. The molecule has 0 aliphatic carbocycles. The molecule has 1 atom stereocenters. The van der Waals surface area contributed by atoms with Crippen LogP contribution in [-0.4, -0.2) is 47.4 Å². The monoisotopic (exact) mass is 435 g/mol. The zero-order valence-electron chi connectivity index (χ0n) is 16.7. The Morgan fingerprint density at radius 1 is 1.30 bits per heavy atom. The average molecular weight is 435 g/mol. The number of nitrogens with one attached hydrogen (secondary N) is 1. The van der Waals surface area contributed by atoms with Crippen molar-refractivity contribution in [3.63, 3.8) is 0 Å². The molecular formula is C20H22FN3O5S. The van der Waals surface area contributed by atoms with E-state index in [-0.39, 0.29) is 13.0 Å². The predicted octanol–water partition coefficient (Wildman–Crippen LogP) is 2.55. The van der Waals surface area contributed by atoms with Crippen molar-refractivity contribution < 1.29 is 27.5 Å². The zero-order chi connectivity index (χ0) is 22.1. The minimum Gasteiger partial charge on any atom is -0.497 e. The van der Waals surface area contributed by atoms with Crippen LogP contribution in [0.3, 0.4) is 0 Å². The highest BCUT2D eigenvalue weighted by atomic mass is 32.2. The SMILES string of the molecule is COc1ccc(-c2ccc3c(cnn3CC[C@](C)(C(=O)NO)S(C)(=O)=O)c2)c(F)c1. The van der Waals surface area contributed by atoms with Crippen molar-refractivity contribution in [1.29, 1.82) is 0 Å². The molecule has 1 aromatic heterocycles. The fourth-order valence-corrected chi connectivity index (χ4v) is 4.04. The molecule has 10 heteroatoms. The largest absolute Gasteiger partial charge is 0.497 e. The molecule has 3 rings (SSSR count). The maximum Gasteiger partial charge on any atom is 0.264 e. The van der Waals surface area contributed by atoms with E-state index in [2.05, 4.69) is 5.10 Å². The second-order valence-electron chi connectivity index (χ2n) is 7.18. The lowest BCUT2D eigenvalue weighted by Crippen LogP contribution is -2.49. The summed E-state index contributed by atoms with van der Waals surface area (Å²) in [6, 6.07) is 9.88. The van der Waals surface area contributed by atoms with Crippen molar-refractivity contribution in [3.05, 3.63) is 48.4 Å². The minimum atomic E-state index is -3.80. The normalized spacial score (nSPS) is 13.8. The average Bonchev–Trinajstić information content (AvgIpc) is 3.12. The summed E-state index contributed by atoms with van der Waals surface area (Å²) in [6.45, 7) is 1.38. The Balaban J connectivity index is 1.90. The number of carbonyl (C=O) groups is 1. The highest BCUT2D eigenvalue weighted by Gasteiger charge is 2.43. The molecule has 0 spiro atoms. The van der Waals surface area contributed by atoms with Crippen molar-refractivity contribution in [2.75, 3.05) is 13.4 Å². The molecule has 2 N–H and O–H groups in total. The van der Waals surface area contributed by atoms with Crippen molar-refractivity contribution in [1.82, 2.24) is 15.3 Å². The maximum atomic E-state index is 14.4. The Kier molecular flexibility index (Phi) is 5.82. The quantitative estimate of drug-likeness (QED) is 0.436. The summed E-state index contributed by atoms with van der Waals surface area (Å²) in [6.07, 6.45) is 2.44. The van der Waals surface area contributed by atoms with Crippen LogP contribution < -0.4 is 10.2 Å². The number of hydrogen-bond donors (Lipinski definition) is 2. The van der Waals surface area contributed by atoms with Crippen LogP contribution in [0, 0.1) is 5.82 Å². The van der Waals surface area contributed by atoms with E-state index in [0.717, 1.165) is 11.6 Å². The number of carbonyl (C=O) groups excluding carboxylic acids is 1. The number of nitrogens with zero attached hydrogens (tertiary/aromatic N) is 2.